The van der Waals surface area contributed by atoms with E-state index in [1.54, 1.807) is 6.07 Å². The predicted molar refractivity (Wildman–Crippen MR) is 89.5 cm³/mol. The standard InChI is InChI=1S/C15H14ClFN4O3S/c1-9-15(10(2)24-19-9)25(22,23)20-11-6-18-21(7-11)8-12-13(16)4-3-5-14(12)17/h3-7,20H,8H2,1-2H3. The summed E-state index contributed by atoms with van der Waals surface area (Å²) in [5.41, 5.74) is 0.760. The van der Waals surface area contributed by atoms with Crippen LogP contribution in [0.25, 0.3) is 0 Å². The molecule has 132 valence electrons. The van der Waals surface area contributed by atoms with Gasteiger partial charge in [-0.25, -0.2) is 12.8 Å². The Hall–Kier alpha value is -2.39. The van der Waals surface area contributed by atoms with Crippen molar-refractivity contribution in [1.82, 2.24) is 14.9 Å². The molecule has 0 unspecified atom stereocenters. The van der Waals surface area contributed by atoms with Crippen LogP contribution < -0.4 is 4.72 Å². The Morgan fingerprint density at radius 3 is 2.76 bits per heavy atom. The number of nitrogens with zero attached hydrogens (tertiary/aromatic N) is 3. The molecule has 0 aliphatic heterocycles. The van der Waals surface area contributed by atoms with E-state index in [2.05, 4.69) is 15.0 Å². The summed E-state index contributed by atoms with van der Waals surface area (Å²) >= 11 is 5.99. The molecule has 0 amide bonds. The van der Waals surface area contributed by atoms with Gasteiger partial charge in [-0.15, -0.1) is 0 Å². The van der Waals surface area contributed by atoms with E-state index >= 15 is 0 Å². The average Bonchev–Trinajstić information content (AvgIpc) is 3.09. The van der Waals surface area contributed by atoms with Gasteiger partial charge in [0.15, 0.2) is 10.7 Å². The smallest absolute Gasteiger partial charge is 0.267 e. The van der Waals surface area contributed by atoms with Crippen molar-refractivity contribution in [1.29, 1.82) is 0 Å². The minimum absolute atomic E-state index is 0.0163. The third kappa shape index (κ3) is 3.52. The first kappa shape index (κ1) is 17.4. The molecule has 25 heavy (non-hydrogen) atoms. The molecule has 0 radical (unpaired) electrons. The predicted octanol–water partition coefficient (Wildman–Crippen LogP) is 3.13. The van der Waals surface area contributed by atoms with Crippen molar-refractivity contribution in [3.63, 3.8) is 0 Å². The zero-order chi connectivity index (χ0) is 18.2. The Labute approximate surface area is 148 Å². The first-order valence-electron chi connectivity index (χ1n) is 7.19. The summed E-state index contributed by atoms with van der Waals surface area (Å²) in [6, 6.07) is 4.38. The number of rotatable bonds is 5. The monoisotopic (exact) mass is 384 g/mol. The van der Waals surface area contributed by atoms with E-state index < -0.39 is 15.8 Å². The van der Waals surface area contributed by atoms with Gasteiger partial charge in [-0.2, -0.15) is 5.10 Å². The van der Waals surface area contributed by atoms with Crippen LogP contribution in [0, 0.1) is 19.7 Å². The van der Waals surface area contributed by atoms with Crippen LogP contribution >= 0.6 is 11.6 Å². The van der Waals surface area contributed by atoms with Crippen molar-refractivity contribution >= 4 is 27.3 Å². The number of aromatic nitrogens is 3. The maximum atomic E-state index is 13.8. The summed E-state index contributed by atoms with van der Waals surface area (Å²) in [5.74, 6) is -0.267. The van der Waals surface area contributed by atoms with Gasteiger partial charge in [0.1, 0.15) is 11.5 Å². The molecule has 0 spiro atoms. The fraction of sp³-hybridized carbons (Fsp3) is 0.200. The topological polar surface area (TPSA) is 90.0 Å². The lowest BCUT2D eigenvalue weighted by atomic mass is 10.2. The maximum absolute atomic E-state index is 13.8. The fourth-order valence-corrected chi connectivity index (χ4v) is 4.00. The zero-order valence-corrected chi connectivity index (χ0v) is 14.9. The summed E-state index contributed by atoms with van der Waals surface area (Å²) in [6.07, 6.45) is 2.77. The van der Waals surface area contributed by atoms with Crippen molar-refractivity contribution in [2.75, 3.05) is 4.72 Å². The molecule has 0 fully saturated rings. The van der Waals surface area contributed by atoms with Gasteiger partial charge in [-0.3, -0.25) is 9.40 Å². The van der Waals surface area contributed by atoms with Gasteiger partial charge in [-0.05, 0) is 26.0 Å². The van der Waals surface area contributed by atoms with Crippen molar-refractivity contribution in [2.45, 2.75) is 25.3 Å². The molecule has 0 aliphatic carbocycles. The highest BCUT2D eigenvalue weighted by Gasteiger charge is 2.24. The van der Waals surface area contributed by atoms with E-state index in [9.17, 15) is 12.8 Å². The van der Waals surface area contributed by atoms with E-state index in [1.807, 2.05) is 0 Å². The number of sulfonamides is 1. The third-order valence-corrected chi connectivity index (χ3v) is 5.48. The Balaban J connectivity index is 1.83. The summed E-state index contributed by atoms with van der Waals surface area (Å²) in [6.45, 7) is 3.12. The minimum Gasteiger partial charge on any atom is -0.360 e. The number of aryl methyl sites for hydroxylation is 2. The summed E-state index contributed by atoms with van der Waals surface area (Å²) in [7, 11) is -3.87. The molecule has 0 atom stereocenters. The molecule has 1 N–H and O–H groups in total. The molecule has 2 heterocycles. The molecule has 0 bridgehead atoms. The van der Waals surface area contributed by atoms with Crippen LogP contribution in [0.1, 0.15) is 17.0 Å². The lowest BCUT2D eigenvalue weighted by Gasteiger charge is -2.06. The van der Waals surface area contributed by atoms with E-state index in [0.717, 1.165) is 0 Å². The number of hydrogen-bond donors (Lipinski definition) is 1. The van der Waals surface area contributed by atoms with E-state index in [1.165, 1.54) is 43.1 Å². The van der Waals surface area contributed by atoms with Crippen molar-refractivity contribution in [3.05, 3.63) is 58.5 Å². The summed E-state index contributed by atoms with van der Waals surface area (Å²) in [5, 5.41) is 7.93. The van der Waals surface area contributed by atoms with Crippen LogP contribution in [0.5, 0.6) is 0 Å². The highest BCUT2D eigenvalue weighted by Crippen LogP contribution is 2.23. The molecule has 10 heteroatoms. The second-order valence-corrected chi connectivity index (χ2v) is 7.41. The first-order chi connectivity index (χ1) is 11.8. The molecule has 2 aromatic heterocycles. The highest BCUT2D eigenvalue weighted by molar-refractivity contribution is 7.92. The Kier molecular flexibility index (Phi) is 4.53. The molecule has 3 aromatic rings. The van der Waals surface area contributed by atoms with Gasteiger partial charge >= 0.3 is 0 Å². The van der Waals surface area contributed by atoms with Crippen molar-refractivity contribution in [3.8, 4) is 0 Å². The van der Waals surface area contributed by atoms with E-state index in [0.29, 0.717) is 0 Å². The Morgan fingerprint density at radius 1 is 1.36 bits per heavy atom. The molecule has 0 saturated carbocycles. The van der Waals surface area contributed by atoms with Gasteiger partial charge in [0.05, 0.1) is 18.4 Å². The Bertz CT molecular complexity index is 990. The SMILES string of the molecule is Cc1noc(C)c1S(=O)(=O)Nc1cnn(Cc2c(F)cccc2Cl)c1. The minimum atomic E-state index is -3.87. The van der Waals surface area contributed by atoms with Crippen LogP contribution in [0.15, 0.2) is 40.0 Å². The second kappa shape index (κ2) is 6.49. The van der Waals surface area contributed by atoms with Gasteiger partial charge in [0.2, 0.25) is 0 Å². The fourth-order valence-electron chi connectivity index (χ4n) is 2.41. The summed E-state index contributed by atoms with van der Waals surface area (Å²) in [4.78, 5) is -0.0163. The van der Waals surface area contributed by atoms with Gasteiger partial charge in [0.25, 0.3) is 10.0 Å². The number of nitrogens with one attached hydrogen (secondary N) is 1. The lowest BCUT2D eigenvalue weighted by Crippen LogP contribution is -2.14. The molecule has 1 aromatic carbocycles. The largest absolute Gasteiger partial charge is 0.360 e. The van der Waals surface area contributed by atoms with E-state index in [4.69, 9.17) is 16.1 Å². The van der Waals surface area contributed by atoms with Crippen LogP contribution in [-0.2, 0) is 16.6 Å². The van der Waals surface area contributed by atoms with Gasteiger partial charge in [0, 0.05) is 16.8 Å². The Morgan fingerprint density at radius 2 is 2.12 bits per heavy atom. The number of hydrogen-bond acceptors (Lipinski definition) is 5. The highest BCUT2D eigenvalue weighted by atomic mass is 35.5. The molecule has 3 rings (SSSR count). The zero-order valence-electron chi connectivity index (χ0n) is 13.3. The van der Waals surface area contributed by atoms with E-state index in [-0.39, 0.29) is 39.2 Å². The van der Waals surface area contributed by atoms with Crippen LogP contribution in [0.4, 0.5) is 10.1 Å². The summed E-state index contributed by atoms with van der Waals surface area (Å²) < 4.78 is 47.4. The van der Waals surface area contributed by atoms with Crippen molar-refractivity contribution < 1.29 is 17.3 Å². The van der Waals surface area contributed by atoms with Crippen molar-refractivity contribution in [2.24, 2.45) is 0 Å². The average molecular weight is 385 g/mol. The number of halogens is 2. The third-order valence-electron chi connectivity index (χ3n) is 3.50. The van der Waals surface area contributed by atoms with Gasteiger partial charge in [-0.1, -0.05) is 22.8 Å². The van der Waals surface area contributed by atoms with Crippen LogP contribution in [0.3, 0.4) is 0 Å². The molecular formula is C15H14ClFN4O3S. The maximum Gasteiger partial charge on any atom is 0.267 e. The quantitative estimate of drug-likeness (QED) is 0.729. The number of benzene rings is 1. The molecular weight excluding hydrogens is 371 g/mol. The van der Waals surface area contributed by atoms with Gasteiger partial charge < -0.3 is 4.52 Å². The normalized spacial score (nSPS) is 11.7. The van der Waals surface area contributed by atoms with Crippen LogP contribution in [-0.4, -0.2) is 23.4 Å². The molecule has 0 aliphatic rings. The van der Waals surface area contributed by atoms with Crippen LogP contribution in [0.2, 0.25) is 5.02 Å². The lowest BCUT2D eigenvalue weighted by molar-refractivity contribution is 0.390. The second-order valence-electron chi connectivity index (χ2n) is 5.39. The molecule has 7 nitrogen and oxygen atoms in total. The first-order valence-corrected chi connectivity index (χ1v) is 9.05. The number of anilines is 1. The molecule has 0 saturated heterocycles.